The summed E-state index contributed by atoms with van der Waals surface area (Å²) in [5, 5.41) is 2.78. The summed E-state index contributed by atoms with van der Waals surface area (Å²) in [6.07, 6.45) is -3.49. The minimum atomic E-state index is -4.29. The van der Waals surface area contributed by atoms with E-state index < -0.39 is 11.7 Å². The van der Waals surface area contributed by atoms with Gasteiger partial charge in [-0.15, -0.1) is 0 Å². The number of nitrogens with one attached hydrogen (secondary N) is 1. The van der Waals surface area contributed by atoms with Gasteiger partial charge in [0.15, 0.2) is 0 Å². The van der Waals surface area contributed by atoms with E-state index in [2.05, 4.69) is 5.32 Å². The van der Waals surface area contributed by atoms with Crippen LogP contribution < -0.4 is 5.32 Å². The third kappa shape index (κ3) is 3.15. The van der Waals surface area contributed by atoms with Crippen molar-refractivity contribution in [2.45, 2.75) is 26.4 Å². The SMILES string of the molecule is CCCNc1ccc(C)cc1C(F)(F)F. The van der Waals surface area contributed by atoms with Crippen LogP contribution in [0.1, 0.15) is 24.5 Å². The van der Waals surface area contributed by atoms with Gasteiger partial charge in [0.2, 0.25) is 0 Å². The lowest BCUT2D eigenvalue weighted by atomic mass is 10.1. The predicted octanol–water partition coefficient (Wildman–Crippen LogP) is 3.84. The Morgan fingerprint density at radius 2 is 1.93 bits per heavy atom. The largest absolute Gasteiger partial charge is 0.418 e. The molecule has 0 unspecified atom stereocenters. The Morgan fingerprint density at radius 1 is 1.27 bits per heavy atom. The molecule has 0 saturated heterocycles. The first-order valence-electron chi connectivity index (χ1n) is 4.87. The van der Waals surface area contributed by atoms with Crippen molar-refractivity contribution in [3.05, 3.63) is 29.3 Å². The number of anilines is 1. The van der Waals surface area contributed by atoms with Gasteiger partial charge in [0.1, 0.15) is 0 Å². The van der Waals surface area contributed by atoms with Crippen LogP contribution in [0.5, 0.6) is 0 Å². The molecule has 0 atom stereocenters. The molecule has 0 radical (unpaired) electrons. The van der Waals surface area contributed by atoms with Crippen molar-refractivity contribution in [3.63, 3.8) is 0 Å². The van der Waals surface area contributed by atoms with Crippen molar-refractivity contribution >= 4 is 5.69 Å². The molecule has 84 valence electrons. The Balaban J connectivity index is 3.04. The summed E-state index contributed by atoms with van der Waals surface area (Å²) < 4.78 is 37.8. The summed E-state index contributed by atoms with van der Waals surface area (Å²) in [4.78, 5) is 0. The first-order valence-corrected chi connectivity index (χ1v) is 4.87. The second-order valence-electron chi connectivity index (χ2n) is 3.47. The van der Waals surface area contributed by atoms with E-state index in [0.29, 0.717) is 12.1 Å². The summed E-state index contributed by atoms with van der Waals surface area (Å²) >= 11 is 0. The van der Waals surface area contributed by atoms with Crippen LogP contribution in [-0.2, 0) is 6.18 Å². The molecule has 0 saturated carbocycles. The lowest BCUT2D eigenvalue weighted by Crippen LogP contribution is -2.11. The standard InChI is InChI=1S/C11H14F3N/c1-3-6-15-10-5-4-8(2)7-9(10)11(12,13)14/h4-5,7,15H,3,6H2,1-2H3. The molecule has 0 aromatic heterocycles. The molecule has 0 fully saturated rings. The highest BCUT2D eigenvalue weighted by molar-refractivity contribution is 5.54. The molecule has 0 bridgehead atoms. The van der Waals surface area contributed by atoms with E-state index in [1.807, 2.05) is 6.92 Å². The summed E-state index contributed by atoms with van der Waals surface area (Å²) in [6, 6.07) is 4.32. The molecule has 0 spiro atoms. The van der Waals surface area contributed by atoms with E-state index in [1.165, 1.54) is 6.07 Å². The molecule has 0 aliphatic carbocycles. The monoisotopic (exact) mass is 217 g/mol. The second-order valence-corrected chi connectivity index (χ2v) is 3.47. The zero-order valence-corrected chi connectivity index (χ0v) is 8.78. The average Bonchev–Trinajstić information content (AvgIpc) is 2.14. The normalized spacial score (nSPS) is 11.5. The van der Waals surface area contributed by atoms with Gasteiger partial charge in [0, 0.05) is 12.2 Å². The van der Waals surface area contributed by atoms with Crippen LogP contribution in [0.3, 0.4) is 0 Å². The van der Waals surface area contributed by atoms with Gasteiger partial charge in [-0.05, 0) is 25.5 Å². The first-order chi connectivity index (χ1) is 6.95. The highest BCUT2D eigenvalue weighted by Crippen LogP contribution is 2.35. The van der Waals surface area contributed by atoms with Crippen molar-refractivity contribution in [3.8, 4) is 0 Å². The molecule has 1 rings (SSSR count). The quantitative estimate of drug-likeness (QED) is 0.811. The molecular formula is C11H14F3N. The zero-order chi connectivity index (χ0) is 11.5. The van der Waals surface area contributed by atoms with E-state index in [0.717, 1.165) is 12.5 Å². The molecule has 0 aliphatic heterocycles. The third-order valence-electron chi connectivity index (χ3n) is 2.05. The van der Waals surface area contributed by atoms with Crippen LogP contribution in [0.4, 0.5) is 18.9 Å². The Labute approximate surface area is 87.3 Å². The van der Waals surface area contributed by atoms with E-state index in [-0.39, 0.29) is 5.69 Å². The molecular weight excluding hydrogens is 203 g/mol. The van der Waals surface area contributed by atoms with Crippen molar-refractivity contribution in [2.24, 2.45) is 0 Å². The number of benzene rings is 1. The third-order valence-corrected chi connectivity index (χ3v) is 2.05. The van der Waals surface area contributed by atoms with Gasteiger partial charge in [0.25, 0.3) is 0 Å². The van der Waals surface area contributed by atoms with Gasteiger partial charge < -0.3 is 5.32 Å². The number of hydrogen-bond acceptors (Lipinski definition) is 1. The van der Waals surface area contributed by atoms with Gasteiger partial charge in [-0.1, -0.05) is 18.6 Å². The average molecular weight is 217 g/mol. The van der Waals surface area contributed by atoms with Gasteiger partial charge >= 0.3 is 6.18 Å². The van der Waals surface area contributed by atoms with Crippen LogP contribution in [0.2, 0.25) is 0 Å². The lowest BCUT2D eigenvalue weighted by Gasteiger charge is -2.14. The van der Waals surface area contributed by atoms with Gasteiger partial charge in [-0.3, -0.25) is 0 Å². The number of rotatable bonds is 3. The van der Waals surface area contributed by atoms with Crippen LogP contribution in [0, 0.1) is 6.92 Å². The summed E-state index contributed by atoms with van der Waals surface area (Å²) in [6.45, 7) is 4.11. The van der Waals surface area contributed by atoms with Crippen molar-refractivity contribution in [1.29, 1.82) is 0 Å². The summed E-state index contributed by atoms with van der Waals surface area (Å²) in [5.41, 5.74) is 0.190. The molecule has 15 heavy (non-hydrogen) atoms. The molecule has 1 aromatic carbocycles. The molecule has 1 N–H and O–H groups in total. The minimum absolute atomic E-state index is 0.162. The smallest absolute Gasteiger partial charge is 0.385 e. The number of aryl methyl sites for hydroxylation is 1. The highest BCUT2D eigenvalue weighted by atomic mass is 19.4. The molecule has 0 aliphatic rings. The maximum atomic E-state index is 12.6. The highest BCUT2D eigenvalue weighted by Gasteiger charge is 2.33. The van der Waals surface area contributed by atoms with Crippen molar-refractivity contribution in [2.75, 3.05) is 11.9 Å². The van der Waals surface area contributed by atoms with Crippen LogP contribution in [-0.4, -0.2) is 6.54 Å². The summed E-state index contributed by atoms with van der Waals surface area (Å²) in [5.74, 6) is 0. The Bertz CT molecular complexity index is 331. The van der Waals surface area contributed by atoms with Gasteiger partial charge in [-0.2, -0.15) is 13.2 Å². The molecule has 0 heterocycles. The molecule has 4 heteroatoms. The number of hydrogen-bond donors (Lipinski definition) is 1. The van der Waals surface area contributed by atoms with Gasteiger partial charge in [0.05, 0.1) is 5.56 Å². The Morgan fingerprint density at radius 3 is 2.47 bits per heavy atom. The van der Waals surface area contributed by atoms with E-state index in [1.54, 1.807) is 13.0 Å². The topological polar surface area (TPSA) is 12.0 Å². The van der Waals surface area contributed by atoms with Crippen molar-refractivity contribution < 1.29 is 13.2 Å². The molecule has 1 nitrogen and oxygen atoms in total. The maximum Gasteiger partial charge on any atom is 0.418 e. The fraction of sp³-hybridized carbons (Fsp3) is 0.455. The van der Waals surface area contributed by atoms with Crippen LogP contribution in [0.25, 0.3) is 0 Å². The van der Waals surface area contributed by atoms with Gasteiger partial charge in [-0.25, -0.2) is 0 Å². The summed E-state index contributed by atoms with van der Waals surface area (Å²) in [7, 11) is 0. The number of halogens is 3. The van der Waals surface area contributed by atoms with Crippen LogP contribution in [0.15, 0.2) is 18.2 Å². The fourth-order valence-corrected chi connectivity index (χ4v) is 1.31. The van der Waals surface area contributed by atoms with Crippen LogP contribution >= 0.6 is 0 Å². The fourth-order valence-electron chi connectivity index (χ4n) is 1.31. The molecule has 1 aromatic rings. The zero-order valence-electron chi connectivity index (χ0n) is 8.78. The van der Waals surface area contributed by atoms with Crippen molar-refractivity contribution in [1.82, 2.24) is 0 Å². The Kier molecular flexibility index (Phi) is 3.61. The van der Waals surface area contributed by atoms with E-state index >= 15 is 0 Å². The number of alkyl halides is 3. The second kappa shape index (κ2) is 4.55. The minimum Gasteiger partial charge on any atom is -0.385 e. The molecule has 0 amide bonds. The van der Waals surface area contributed by atoms with E-state index in [9.17, 15) is 13.2 Å². The first kappa shape index (κ1) is 11.9. The Hall–Kier alpha value is -1.19. The van der Waals surface area contributed by atoms with E-state index in [4.69, 9.17) is 0 Å². The predicted molar refractivity (Wildman–Crippen MR) is 55.0 cm³/mol. The maximum absolute atomic E-state index is 12.6. The lowest BCUT2D eigenvalue weighted by molar-refractivity contribution is -0.137.